The van der Waals surface area contributed by atoms with Gasteiger partial charge in [-0.1, -0.05) is 30.4 Å². The molecular weight excluding hydrogens is 370 g/mol. The number of carbonyl (C=O) groups excluding carboxylic acids is 1. The lowest BCUT2D eigenvalue weighted by Crippen LogP contribution is -2.27. The van der Waals surface area contributed by atoms with Gasteiger partial charge in [0.2, 0.25) is 0 Å². The quantitative estimate of drug-likeness (QED) is 0.761. The van der Waals surface area contributed by atoms with Crippen molar-refractivity contribution in [1.29, 1.82) is 0 Å². The fourth-order valence-electron chi connectivity index (χ4n) is 4.71. The average Bonchev–Trinajstić information content (AvgIpc) is 3.40. The Morgan fingerprint density at radius 1 is 1.07 bits per heavy atom. The lowest BCUT2D eigenvalue weighted by molar-refractivity contribution is 0.0793. The number of aliphatic imine (C=N–C) groups is 1. The molecule has 2 aromatic rings. The first-order valence-electron chi connectivity index (χ1n) is 10.7. The molecule has 2 N–H and O–H groups in total. The first-order chi connectivity index (χ1) is 14.5. The van der Waals surface area contributed by atoms with Gasteiger partial charge in [0, 0.05) is 24.2 Å². The second-order valence-corrected chi connectivity index (χ2v) is 8.77. The summed E-state index contributed by atoms with van der Waals surface area (Å²) in [6.07, 6.45) is 6.49. The van der Waals surface area contributed by atoms with E-state index in [0.717, 1.165) is 72.3 Å². The van der Waals surface area contributed by atoms with Crippen LogP contribution in [0.25, 0.3) is 17.2 Å². The molecule has 1 amide bonds. The molecule has 0 radical (unpaired) electrons. The molecule has 0 bridgehead atoms. The predicted molar refractivity (Wildman–Crippen MR) is 123 cm³/mol. The molecule has 4 heteroatoms. The summed E-state index contributed by atoms with van der Waals surface area (Å²) in [5.41, 5.74) is 13.4. The van der Waals surface area contributed by atoms with Crippen molar-refractivity contribution in [3.8, 4) is 11.1 Å². The van der Waals surface area contributed by atoms with Crippen LogP contribution in [0, 0.1) is 5.41 Å². The molecule has 2 aromatic carbocycles. The minimum Gasteiger partial charge on any atom is -0.386 e. The van der Waals surface area contributed by atoms with E-state index in [9.17, 15) is 4.79 Å². The minimum absolute atomic E-state index is 0.122. The summed E-state index contributed by atoms with van der Waals surface area (Å²) in [6, 6.07) is 14.2. The van der Waals surface area contributed by atoms with E-state index in [1.54, 1.807) is 0 Å². The number of hydrogen-bond acceptors (Lipinski definition) is 3. The van der Waals surface area contributed by atoms with Gasteiger partial charge >= 0.3 is 0 Å². The Balaban J connectivity index is 1.48. The number of amides is 1. The van der Waals surface area contributed by atoms with Crippen LogP contribution >= 0.6 is 0 Å². The maximum Gasteiger partial charge on any atom is 0.253 e. The van der Waals surface area contributed by atoms with Crippen LogP contribution in [0.5, 0.6) is 0 Å². The van der Waals surface area contributed by atoms with Gasteiger partial charge in [-0.2, -0.15) is 0 Å². The Kier molecular flexibility index (Phi) is 4.39. The van der Waals surface area contributed by atoms with Gasteiger partial charge in [0.15, 0.2) is 0 Å². The Bertz CT molecular complexity index is 1100. The van der Waals surface area contributed by atoms with Crippen molar-refractivity contribution in [2.75, 3.05) is 13.1 Å². The molecule has 5 rings (SSSR count). The Hall–Kier alpha value is -3.14. The van der Waals surface area contributed by atoms with E-state index in [1.165, 1.54) is 5.57 Å². The predicted octanol–water partition coefficient (Wildman–Crippen LogP) is 5.33. The SMILES string of the molecule is C=C(C)C1=Cc2cc(-c3ccc(C(=O)N4CCCC4)cc3)ccc2N=C(N)C12CC2. The number of carbonyl (C=O) groups is 1. The Morgan fingerprint density at radius 2 is 1.73 bits per heavy atom. The van der Waals surface area contributed by atoms with Crippen LogP contribution < -0.4 is 5.73 Å². The van der Waals surface area contributed by atoms with Crippen molar-refractivity contribution < 1.29 is 4.79 Å². The van der Waals surface area contributed by atoms with Crippen LogP contribution in [0.4, 0.5) is 5.69 Å². The van der Waals surface area contributed by atoms with Crippen molar-refractivity contribution in [2.24, 2.45) is 16.1 Å². The number of likely N-dealkylation sites (tertiary alicyclic amines) is 1. The molecule has 1 aliphatic carbocycles. The second-order valence-electron chi connectivity index (χ2n) is 8.77. The molecule has 0 aromatic heterocycles. The zero-order valence-corrected chi connectivity index (χ0v) is 17.4. The van der Waals surface area contributed by atoms with Crippen LogP contribution in [0.1, 0.15) is 48.5 Å². The number of amidine groups is 1. The van der Waals surface area contributed by atoms with E-state index < -0.39 is 0 Å². The standard InChI is InChI=1S/C26H27N3O/c1-17(2)22-16-21-15-20(9-10-23(21)28-25(27)26(22)11-12-26)18-5-7-19(8-6-18)24(30)29-13-3-4-14-29/h5-10,15-16H,1,3-4,11-14H2,2H3,(H2,27,28). The molecule has 2 aliphatic heterocycles. The molecule has 0 unspecified atom stereocenters. The molecular formula is C26H27N3O. The van der Waals surface area contributed by atoms with Crippen LogP contribution in [-0.2, 0) is 0 Å². The van der Waals surface area contributed by atoms with E-state index >= 15 is 0 Å². The molecule has 30 heavy (non-hydrogen) atoms. The summed E-state index contributed by atoms with van der Waals surface area (Å²) >= 11 is 0. The molecule has 2 fully saturated rings. The Morgan fingerprint density at radius 3 is 2.37 bits per heavy atom. The first-order valence-corrected chi connectivity index (χ1v) is 10.7. The van der Waals surface area contributed by atoms with Crippen molar-refractivity contribution in [3.05, 3.63) is 71.3 Å². The van der Waals surface area contributed by atoms with Gasteiger partial charge in [-0.05, 0) is 79.6 Å². The fourth-order valence-corrected chi connectivity index (χ4v) is 4.71. The van der Waals surface area contributed by atoms with Crippen molar-refractivity contribution in [2.45, 2.75) is 32.6 Å². The zero-order chi connectivity index (χ0) is 20.9. The summed E-state index contributed by atoms with van der Waals surface area (Å²) < 4.78 is 0. The maximum atomic E-state index is 12.6. The molecule has 1 saturated carbocycles. The zero-order valence-electron chi connectivity index (χ0n) is 17.4. The lowest BCUT2D eigenvalue weighted by Gasteiger charge is -2.17. The lowest BCUT2D eigenvalue weighted by atomic mass is 9.88. The highest BCUT2D eigenvalue weighted by Gasteiger charge is 2.50. The van der Waals surface area contributed by atoms with Crippen LogP contribution in [-0.4, -0.2) is 29.7 Å². The second kappa shape index (κ2) is 6.98. The van der Waals surface area contributed by atoms with Gasteiger partial charge in [-0.3, -0.25) is 4.79 Å². The first kappa shape index (κ1) is 18.9. The number of fused-ring (bicyclic) bond motifs is 1. The van der Waals surface area contributed by atoms with Crippen molar-refractivity contribution in [1.82, 2.24) is 4.90 Å². The normalized spacial score (nSPS) is 19.0. The van der Waals surface area contributed by atoms with Crippen LogP contribution in [0.2, 0.25) is 0 Å². The number of rotatable bonds is 3. The Labute approximate surface area is 177 Å². The molecule has 1 spiro atoms. The minimum atomic E-state index is -0.122. The summed E-state index contributed by atoms with van der Waals surface area (Å²) in [5.74, 6) is 0.836. The number of allylic oxidation sites excluding steroid dienone is 1. The molecule has 152 valence electrons. The third-order valence-corrected chi connectivity index (χ3v) is 6.64. The van der Waals surface area contributed by atoms with Gasteiger partial charge in [-0.15, -0.1) is 0 Å². The third-order valence-electron chi connectivity index (χ3n) is 6.64. The average molecular weight is 398 g/mol. The van der Waals surface area contributed by atoms with Gasteiger partial charge in [0.1, 0.15) is 5.84 Å². The summed E-state index contributed by atoms with van der Waals surface area (Å²) in [7, 11) is 0. The van der Waals surface area contributed by atoms with Crippen molar-refractivity contribution >= 4 is 23.5 Å². The van der Waals surface area contributed by atoms with E-state index in [4.69, 9.17) is 10.7 Å². The van der Waals surface area contributed by atoms with Gasteiger partial charge in [-0.25, -0.2) is 4.99 Å². The molecule has 0 atom stereocenters. The highest BCUT2D eigenvalue weighted by molar-refractivity contribution is 5.99. The third kappa shape index (κ3) is 3.07. The fraction of sp³-hybridized carbons (Fsp3) is 0.308. The summed E-state index contributed by atoms with van der Waals surface area (Å²) in [4.78, 5) is 19.3. The number of nitrogens with two attached hydrogens (primary N) is 1. The van der Waals surface area contributed by atoms with E-state index in [0.29, 0.717) is 5.84 Å². The van der Waals surface area contributed by atoms with E-state index in [2.05, 4.69) is 24.8 Å². The van der Waals surface area contributed by atoms with Crippen LogP contribution in [0.15, 0.2) is 65.2 Å². The van der Waals surface area contributed by atoms with Gasteiger partial charge < -0.3 is 10.6 Å². The molecule has 2 heterocycles. The van der Waals surface area contributed by atoms with E-state index in [-0.39, 0.29) is 11.3 Å². The number of nitrogens with zero attached hydrogens (tertiary/aromatic N) is 2. The molecule has 3 aliphatic rings. The van der Waals surface area contributed by atoms with Gasteiger partial charge in [0.05, 0.1) is 11.1 Å². The highest BCUT2D eigenvalue weighted by Crippen LogP contribution is 2.56. The summed E-state index contributed by atoms with van der Waals surface area (Å²) in [6.45, 7) is 7.97. The summed E-state index contributed by atoms with van der Waals surface area (Å²) in [5, 5.41) is 0. The van der Waals surface area contributed by atoms with E-state index in [1.807, 2.05) is 42.2 Å². The van der Waals surface area contributed by atoms with Crippen molar-refractivity contribution in [3.63, 3.8) is 0 Å². The monoisotopic (exact) mass is 397 g/mol. The maximum absolute atomic E-state index is 12.6. The number of benzene rings is 2. The molecule has 4 nitrogen and oxygen atoms in total. The molecule has 1 saturated heterocycles. The largest absolute Gasteiger partial charge is 0.386 e. The smallest absolute Gasteiger partial charge is 0.253 e. The topological polar surface area (TPSA) is 58.7 Å². The number of hydrogen-bond donors (Lipinski definition) is 1. The van der Waals surface area contributed by atoms with Crippen LogP contribution in [0.3, 0.4) is 0 Å². The highest BCUT2D eigenvalue weighted by atomic mass is 16.2. The van der Waals surface area contributed by atoms with Gasteiger partial charge in [0.25, 0.3) is 5.91 Å².